The van der Waals surface area contributed by atoms with Gasteiger partial charge < -0.3 is 0 Å². The van der Waals surface area contributed by atoms with E-state index in [0.29, 0.717) is 5.15 Å². The third kappa shape index (κ3) is 2.97. The lowest BCUT2D eigenvalue weighted by molar-refractivity contribution is -0.137. The first-order chi connectivity index (χ1) is 7.95. The average molecular weight is 262 g/mol. The topological polar surface area (TPSA) is 30.7 Å². The molecular formula is C10H7ClF3N3. The van der Waals surface area contributed by atoms with E-state index in [1.165, 1.54) is 10.9 Å². The second-order valence-corrected chi connectivity index (χ2v) is 3.80. The van der Waals surface area contributed by atoms with E-state index in [1.54, 1.807) is 12.1 Å². The molecule has 0 aliphatic rings. The lowest BCUT2D eigenvalue weighted by atomic mass is 10.3. The van der Waals surface area contributed by atoms with Crippen LogP contribution in [0.15, 0.2) is 30.7 Å². The van der Waals surface area contributed by atoms with Crippen LogP contribution in [-0.4, -0.2) is 14.8 Å². The van der Waals surface area contributed by atoms with Gasteiger partial charge in [0, 0.05) is 12.4 Å². The molecule has 0 aliphatic heterocycles. The van der Waals surface area contributed by atoms with E-state index in [1.807, 2.05) is 0 Å². The predicted molar refractivity (Wildman–Crippen MR) is 55.6 cm³/mol. The van der Waals surface area contributed by atoms with Crippen LogP contribution >= 0.6 is 11.6 Å². The van der Waals surface area contributed by atoms with Gasteiger partial charge in [0.25, 0.3) is 0 Å². The molecule has 3 nitrogen and oxygen atoms in total. The molecule has 0 aliphatic carbocycles. The zero-order valence-electron chi connectivity index (χ0n) is 8.45. The van der Waals surface area contributed by atoms with Crippen molar-refractivity contribution in [1.29, 1.82) is 0 Å². The second-order valence-electron chi connectivity index (χ2n) is 3.41. The van der Waals surface area contributed by atoms with Gasteiger partial charge in [-0.05, 0) is 17.7 Å². The molecule has 0 radical (unpaired) electrons. The number of alkyl halides is 3. The summed E-state index contributed by atoms with van der Waals surface area (Å²) in [5.74, 6) is 0. The molecule has 0 atom stereocenters. The largest absolute Gasteiger partial charge is 0.419 e. The van der Waals surface area contributed by atoms with Crippen molar-refractivity contribution in [3.63, 3.8) is 0 Å². The first-order valence-electron chi connectivity index (χ1n) is 4.65. The molecule has 0 fully saturated rings. The van der Waals surface area contributed by atoms with Gasteiger partial charge >= 0.3 is 6.18 Å². The molecule has 0 amide bonds. The number of aromatic nitrogens is 3. The van der Waals surface area contributed by atoms with E-state index in [9.17, 15) is 13.2 Å². The Balaban J connectivity index is 2.17. The molecule has 7 heteroatoms. The van der Waals surface area contributed by atoms with E-state index in [0.717, 1.165) is 18.0 Å². The summed E-state index contributed by atoms with van der Waals surface area (Å²) in [5, 5.41) is 3.94. The summed E-state index contributed by atoms with van der Waals surface area (Å²) < 4.78 is 38.2. The molecule has 0 unspecified atom stereocenters. The van der Waals surface area contributed by atoms with Crippen molar-refractivity contribution < 1.29 is 13.2 Å². The zero-order valence-corrected chi connectivity index (χ0v) is 9.20. The van der Waals surface area contributed by atoms with Gasteiger partial charge in [0.2, 0.25) is 0 Å². The zero-order chi connectivity index (χ0) is 12.5. The molecule has 0 saturated heterocycles. The van der Waals surface area contributed by atoms with Crippen molar-refractivity contribution in [2.24, 2.45) is 0 Å². The van der Waals surface area contributed by atoms with Gasteiger partial charge in [-0.3, -0.25) is 4.68 Å². The summed E-state index contributed by atoms with van der Waals surface area (Å²) in [6.07, 6.45) is -1.13. The Bertz CT molecular complexity index is 522. The molecule has 2 aromatic heterocycles. The Morgan fingerprint density at radius 2 is 2.12 bits per heavy atom. The van der Waals surface area contributed by atoms with Crippen molar-refractivity contribution in [3.8, 4) is 0 Å². The first kappa shape index (κ1) is 11.9. The number of rotatable bonds is 2. The number of hydrogen-bond acceptors (Lipinski definition) is 2. The van der Waals surface area contributed by atoms with Crippen molar-refractivity contribution in [2.45, 2.75) is 12.7 Å². The van der Waals surface area contributed by atoms with E-state index < -0.39 is 11.7 Å². The highest BCUT2D eigenvalue weighted by molar-refractivity contribution is 6.29. The van der Waals surface area contributed by atoms with E-state index >= 15 is 0 Å². The van der Waals surface area contributed by atoms with Gasteiger partial charge in [-0.25, -0.2) is 4.98 Å². The molecule has 0 N–H and O–H groups in total. The van der Waals surface area contributed by atoms with Crippen LogP contribution in [-0.2, 0) is 12.7 Å². The highest BCUT2D eigenvalue weighted by Crippen LogP contribution is 2.28. The molecule has 90 valence electrons. The lowest BCUT2D eigenvalue weighted by Gasteiger charge is -2.02. The molecule has 0 bridgehead atoms. The summed E-state index contributed by atoms with van der Waals surface area (Å²) in [5.41, 5.74) is -0.0283. The molecule has 2 aromatic rings. The molecule has 2 heterocycles. The third-order valence-electron chi connectivity index (χ3n) is 2.10. The Labute approximate surface area is 99.8 Å². The summed E-state index contributed by atoms with van der Waals surface area (Å²) in [4.78, 5) is 3.78. The molecule has 0 aromatic carbocycles. The maximum atomic E-state index is 12.3. The molecule has 0 spiro atoms. The number of hydrogen-bond donors (Lipinski definition) is 0. The standard InChI is InChI=1S/C10H7ClF3N3/c11-9-3-7(1-2-15-9)5-17-6-8(4-16-17)10(12,13)14/h1-4,6H,5H2. The smallest absolute Gasteiger partial charge is 0.268 e. The van der Waals surface area contributed by atoms with Crippen LogP contribution < -0.4 is 0 Å². The van der Waals surface area contributed by atoms with Crippen LogP contribution in [0.25, 0.3) is 0 Å². The molecule has 0 saturated carbocycles. The van der Waals surface area contributed by atoms with Crippen LogP contribution in [0.4, 0.5) is 13.2 Å². The van der Waals surface area contributed by atoms with Crippen molar-refractivity contribution >= 4 is 11.6 Å². The van der Waals surface area contributed by atoms with E-state index in [4.69, 9.17) is 11.6 Å². The predicted octanol–water partition coefficient (Wildman–Crippen LogP) is 3.00. The minimum Gasteiger partial charge on any atom is -0.268 e. The Kier molecular flexibility index (Phi) is 3.06. The Hall–Kier alpha value is -1.56. The highest BCUT2D eigenvalue weighted by atomic mass is 35.5. The van der Waals surface area contributed by atoms with Crippen LogP contribution in [0.1, 0.15) is 11.1 Å². The van der Waals surface area contributed by atoms with Crippen LogP contribution in [0, 0.1) is 0 Å². The monoisotopic (exact) mass is 261 g/mol. The first-order valence-corrected chi connectivity index (χ1v) is 5.03. The highest BCUT2D eigenvalue weighted by Gasteiger charge is 2.32. The fourth-order valence-corrected chi connectivity index (χ4v) is 1.52. The maximum Gasteiger partial charge on any atom is 0.419 e. The third-order valence-corrected chi connectivity index (χ3v) is 2.30. The Morgan fingerprint density at radius 1 is 1.35 bits per heavy atom. The van der Waals surface area contributed by atoms with Gasteiger partial charge in [0.05, 0.1) is 18.3 Å². The summed E-state index contributed by atoms with van der Waals surface area (Å²) in [6, 6.07) is 3.25. The minimum atomic E-state index is -4.37. The summed E-state index contributed by atoms with van der Waals surface area (Å²) in [6.45, 7) is 0.221. The van der Waals surface area contributed by atoms with Gasteiger partial charge in [0.1, 0.15) is 5.15 Å². The number of nitrogens with zero attached hydrogens (tertiary/aromatic N) is 3. The summed E-state index contributed by atoms with van der Waals surface area (Å²) in [7, 11) is 0. The molecule has 2 rings (SSSR count). The van der Waals surface area contributed by atoms with Gasteiger partial charge in [-0.1, -0.05) is 11.6 Å². The molecular weight excluding hydrogens is 255 g/mol. The van der Waals surface area contributed by atoms with Crippen LogP contribution in [0.5, 0.6) is 0 Å². The second kappa shape index (κ2) is 4.37. The van der Waals surface area contributed by atoms with Gasteiger partial charge in [-0.15, -0.1) is 0 Å². The SMILES string of the molecule is FC(F)(F)c1cnn(Cc2ccnc(Cl)c2)c1. The van der Waals surface area contributed by atoms with E-state index in [-0.39, 0.29) is 6.54 Å². The Morgan fingerprint density at radius 3 is 2.71 bits per heavy atom. The fourth-order valence-electron chi connectivity index (χ4n) is 1.32. The van der Waals surface area contributed by atoms with Crippen molar-refractivity contribution in [2.75, 3.05) is 0 Å². The average Bonchev–Trinajstić information content (AvgIpc) is 2.65. The lowest BCUT2D eigenvalue weighted by Crippen LogP contribution is -2.04. The minimum absolute atomic E-state index is 0.221. The van der Waals surface area contributed by atoms with Crippen molar-refractivity contribution in [1.82, 2.24) is 14.8 Å². The maximum absolute atomic E-state index is 12.3. The fraction of sp³-hybridized carbons (Fsp3) is 0.200. The van der Waals surface area contributed by atoms with E-state index in [2.05, 4.69) is 10.1 Å². The van der Waals surface area contributed by atoms with Gasteiger partial charge in [-0.2, -0.15) is 18.3 Å². The summed E-state index contributed by atoms with van der Waals surface area (Å²) >= 11 is 5.67. The normalized spacial score (nSPS) is 11.8. The van der Waals surface area contributed by atoms with Gasteiger partial charge in [0.15, 0.2) is 0 Å². The van der Waals surface area contributed by atoms with Crippen LogP contribution in [0.3, 0.4) is 0 Å². The van der Waals surface area contributed by atoms with Crippen molar-refractivity contribution in [3.05, 3.63) is 47.0 Å². The molecule has 17 heavy (non-hydrogen) atoms. The quantitative estimate of drug-likeness (QED) is 0.778. The number of halogens is 4. The number of pyridine rings is 1. The van der Waals surface area contributed by atoms with Crippen LogP contribution in [0.2, 0.25) is 5.15 Å².